The Morgan fingerprint density at radius 1 is 1.19 bits per heavy atom. The number of unbranched alkanes of at least 4 members (excludes halogenated alkanes) is 2. The van der Waals surface area contributed by atoms with Crippen molar-refractivity contribution in [1.82, 2.24) is 19.9 Å². The number of hydrogen-bond acceptors (Lipinski definition) is 4. The highest BCUT2D eigenvalue weighted by Gasteiger charge is 2.16. The van der Waals surface area contributed by atoms with Crippen molar-refractivity contribution >= 4 is 33.7 Å². The van der Waals surface area contributed by atoms with E-state index in [-0.39, 0.29) is 5.91 Å². The van der Waals surface area contributed by atoms with Gasteiger partial charge >= 0.3 is 0 Å². The Labute approximate surface area is 153 Å². The molecule has 0 radical (unpaired) electrons. The van der Waals surface area contributed by atoms with Gasteiger partial charge in [0.1, 0.15) is 11.3 Å². The van der Waals surface area contributed by atoms with Crippen molar-refractivity contribution in [2.75, 3.05) is 12.8 Å². The molecule has 1 aromatic carbocycles. The van der Waals surface area contributed by atoms with Crippen molar-refractivity contribution in [2.24, 2.45) is 0 Å². The molecule has 0 bridgehead atoms. The molecule has 6 heteroatoms. The fourth-order valence-corrected chi connectivity index (χ4v) is 3.42. The van der Waals surface area contributed by atoms with Crippen molar-refractivity contribution in [3.8, 4) is 0 Å². The Morgan fingerprint density at radius 3 is 2.77 bits per heavy atom. The molecule has 26 heavy (non-hydrogen) atoms. The molecular weight excluding hydrogens is 326 g/mol. The summed E-state index contributed by atoms with van der Waals surface area (Å²) in [5.74, 6) is 1.67. The fourth-order valence-electron chi connectivity index (χ4n) is 3.42. The van der Waals surface area contributed by atoms with Gasteiger partial charge in [-0.15, -0.1) is 0 Å². The standard InChI is InChI=1S/C20H27N5O/c1-3-9-16-24-18-19(14-10-6-7-11-15(14)23-20(18)21)25(16)13-8-4-5-12-17(26)22-2/h6-7,10-11H,3-5,8-9,12-13H2,1-2H3,(H2,21,23)(H,22,26). The van der Waals surface area contributed by atoms with E-state index < -0.39 is 0 Å². The number of nitrogens with one attached hydrogen (secondary N) is 1. The van der Waals surface area contributed by atoms with Gasteiger partial charge in [-0.1, -0.05) is 31.5 Å². The molecule has 3 aromatic rings. The second-order valence-electron chi connectivity index (χ2n) is 6.62. The lowest BCUT2D eigenvalue weighted by atomic mass is 10.1. The number of hydrogen-bond donors (Lipinski definition) is 2. The summed E-state index contributed by atoms with van der Waals surface area (Å²) in [6, 6.07) is 8.09. The van der Waals surface area contributed by atoms with Crippen LogP contribution in [0.3, 0.4) is 0 Å². The molecule has 0 saturated carbocycles. The Bertz CT molecular complexity index is 915. The molecule has 1 amide bonds. The second-order valence-corrected chi connectivity index (χ2v) is 6.62. The van der Waals surface area contributed by atoms with Crippen molar-refractivity contribution in [3.05, 3.63) is 30.1 Å². The Balaban J connectivity index is 1.91. The van der Waals surface area contributed by atoms with Gasteiger partial charge in [-0.2, -0.15) is 0 Å². The van der Waals surface area contributed by atoms with Gasteiger partial charge in [-0.3, -0.25) is 4.79 Å². The number of nitrogen functional groups attached to an aromatic ring is 1. The van der Waals surface area contributed by atoms with Gasteiger partial charge in [0, 0.05) is 31.8 Å². The monoisotopic (exact) mass is 353 g/mol. The van der Waals surface area contributed by atoms with E-state index in [1.165, 1.54) is 0 Å². The smallest absolute Gasteiger partial charge is 0.219 e. The molecule has 0 spiro atoms. The van der Waals surface area contributed by atoms with E-state index >= 15 is 0 Å². The minimum absolute atomic E-state index is 0.106. The van der Waals surface area contributed by atoms with Crippen molar-refractivity contribution in [2.45, 2.75) is 52.0 Å². The number of pyridine rings is 1. The summed E-state index contributed by atoms with van der Waals surface area (Å²) in [6.45, 7) is 3.04. The second kappa shape index (κ2) is 8.17. The summed E-state index contributed by atoms with van der Waals surface area (Å²) >= 11 is 0. The lowest BCUT2D eigenvalue weighted by Gasteiger charge is -2.10. The van der Waals surface area contributed by atoms with Gasteiger partial charge in [-0.05, 0) is 25.3 Å². The largest absolute Gasteiger partial charge is 0.382 e. The normalized spacial score (nSPS) is 11.3. The number of benzene rings is 1. The highest BCUT2D eigenvalue weighted by atomic mass is 16.1. The number of carbonyl (C=O) groups excluding carboxylic acids is 1. The predicted molar refractivity (Wildman–Crippen MR) is 106 cm³/mol. The van der Waals surface area contributed by atoms with Crippen LogP contribution in [0.1, 0.15) is 44.9 Å². The first-order valence-electron chi connectivity index (χ1n) is 9.39. The summed E-state index contributed by atoms with van der Waals surface area (Å²) < 4.78 is 2.30. The van der Waals surface area contributed by atoms with Crippen LogP contribution in [0.5, 0.6) is 0 Å². The maximum Gasteiger partial charge on any atom is 0.219 e. The molecule has 0 aliphatic heterocycles. The molecule has 3 N–H and O–H groups in total. The van der Waals surface area contributed by atoms with Crippen LogP contribution in [0, 0.1) is 0 Å². The van der Waals surface area contributed by atoms with Crippen LogP contribution < -0.4 is 11.1 Å². The van der Waals surface area contributed by atoms with Crippen molar-refractivity contribution in [1.29, 1.82) is 0 Å². The first-order chi connectivity index (χ1) is 12.7. The zero-order chi connectivity index (χ0) is 18.5. The third-order valence-corrected chi connectivity index (χ3v) is 4.73. The topological polar surface area (TPSA) is 85.8 Å². The molecule has 2 heterocycles. The summed E-state index contributed by atoms with van der Waals surface area (Å²) in [5.41, 5.74) is 8.99. The fraction of sp³-hybridized carbons (Fsp3) is 0.450. The maximum atomic E-state index is 11.4. The SMILES string of the molecule is CCCc1nc2c(N)nc3ccccc3c2n1CCCCCC(=O)NC. The summed E-state index contributed by atoms with van der Waals surface area (Å²) in [5, 5.41) is 3.77. The molecule has 3 rings (SSSR count). The zero-order valence-corrected chi connectivity index (χ0v) is 15.6. The highest BCUT2D eigenvalue weighted by molar-refractivity contribution is 6.06. The van der Waals surface area contributed by atoms with E-state index in [9.17, 15) is 4.79 Å². The lowest BCUT2D eigenvalue weighted by molar-refractivity contribution is -0.120. The molecule has 138 valence electrons. The van der Waals surface area contributed by atoms with Crippen LogP contribution in [0.15, 0.2) is 24.3 Å². The van der Waals surface area contributed by atoms with Crippen LogP contribution in [0.4, 0.5) is 5.82 Å². The number of aryl methyl sites for hydroxylation is 2. The lowest BCUT2D eigenvalue weighted by Crippen LogP contribution is -2.16. The minimum atomic E-state index is 0.106. The quantitative estimate of drug-likeness (QED) is 0.608. The van der Waals surface area contributed by atoms with E-state index in [0.29, 0.717) is 12.2 Å². The van der Waals surface area contributed by atoms with Gasteiger partial charge in [0.2, 0.25) is 5.91 Å². The zero-order valence-electron chi connectivity index (χ0n) is 15.6. The average molecular weight is 353 g/mol. The number of nitrogens with two attached hydrogens (primary N) is 1. The van der Waals surface area contributed by atoms with E-state index in [0.717, 1.165) is 66.4 Å². The van der Waals surface area contributed by atoms with E-state index in [1.54, 1.807) is 7.05 Å². The summed E-state index contributed by atoms with van der Waals surface area (Å²) in [6.07, 6.45) is 5.46. The number of para-hydroxylation sites is 1. The number of nitrogens with zero attached hydrogens (tertiary/aromatic N) is 3. The van der Waals surface area contributed by atoms with Crippen LogP contribution in [0.2, 0.25) is 0 Å². The van der Waals surface area contributed by atoms with Gasteiger partial charge in [0.15, 0.2) is 5.82 Å². The number of aromatic nitrogens is 3. The first-order valence-corrected chi connectivity index (χ1v) is 9.39. The van der Waals surface area contributed by atoms with E-state index in [2.05, 4.69) is 27.9 Å². The average Bonchev–Trinajstić information content (AvgIpc) is 3.01. The summed E-state index contributed by atoms with van der Waals surface area (Å²) in [4.78, 5) is 20.7. The number of carbonyl (C=O) groups is 1. The van der Waals surface area contributed by atoms with Crippen LogP contribution in [0.25, 0.3) is 21.9 Å². The van der Waals surface area contributed by atoms with Gasteiger partial charge in [0.25, 0.3) is 0 Å². The third kappa shape index (κ3) is 3.64. The highest BCUT2D eigenvalue weighted by Crippen LogP contribution is 2.29. The van der Waals surface area contributed by atoms with Gasteiger partial charge in [0.05, 0.1) is 11.0 Å². The minimum Gasteiger partial charge on any atom is -0.382 e. The molecule has 0 saturated heterocycles. The molecule has 0 unspecified atom stereocenters. The molecule has 0 fully saturated rings. The first kappa shape index (κ1) is 18.2. The molecule has 2 aromatic heterocycles. The predicted octanol–water partition coefficient (Wildman–Crippen LogP) is 3.43. The molecule has 0 aliphatic carbocycles. The molecule has 0 aliphatic rings. The maximum absolute atomic E-state index is 11.4. The van der Waals surface area contributed by atoms with Gasteiger partial charge in [-0.25, -0.2) is 9.97 Å². The Morgan fingerprint density at radius 2 is 2.00 bits per heavy atom. The Hall–Kier alpha value is -2.63. The Kier molecular flexibility index (Phi) is 5.71. The van der Waals surface area contributed by atoms with E-state index in [4.69, 9.17) is 10.7 Å². The molecule has 0 atom stereocenters. The van der Waals surface area contributed by atoms with Crippen LogP contribution in [-0.4, -0.2) is 27.5 Å². The summed E-state index contributed by atoms with van der Waals surface area (Å²) in [7, 11) is 1.68. The van der Waals surface area contributed by atoms with Crippen molar-refractivity contribution in [3.63, 3.8) is 0 Å². The third-order valence-electron chi connectivity index (χ3n) is 4.73. The number of amides is 1. The molecular formula is C20H27N5O. The van der Waals surface area contributed by atoms with E-state index in [1.807, 2.05) is 18.2 Å². The number of imidazole rings is 1. The van der Waals surface area contributed by atoms with Gasteiger partial charge < -0.3 is 15.6 Å². The number of fused-ring (bicyclic) bond motifs is 3. The van der Waals surface area contributed by atoms with Crippen LogP contribution in [-0.2, 0) is 17.8 Å². The molecule has 6 nitrogen and oxygen atoms in total. The van der Waals surface area contributed by atoms with Crippen LogP contribution >= 0.6 is 0 Å². The number of rotatable bonds is 8. The van der Waals surface area contributed by atoms with Crippen molar-refractivity contribution < 1.29 is 4.79 Å². The number of anilines is 1.